The van der Waals surface area contributed by atoms with Crippen LogP contribution in [-0.4, -0.2) is 9.55 Å². The van der Waals surface area contributed by atoms with Gasteiger partial charge in [0.25, 0.3) is 0 Å². The quantitative estimate of drug-likeness (QED) is 0.888. The second-order valence-electron chi connectivity index (χ2n) is 3.79. The summed E-state index contributed by atoms with van der Waals surface area (Å²) in [7, 11) is 1.89. The maximum atomic E-state index is 6.08. The minimum atomic E-state index is 0.550. The summed E-state index contributed by atoms with van der Waals surface area (Å²) in [6.07, 6.45) is 3.69. The molecule has 0 radical (unpaired) electrons. The number of benzene rings is 1. The molecule has 0 aliphatic rings. The Kier molecular flexibility index (Phi) is 3.15. The van der Waals surface area contributed by atoms with Crippen LogP contribution >= 0.6 is 11.6 Å². The molecular formula is C12H14ClN3. The van der Waals surface area contributed by atoms with Crippen molar-refractivity contribution in [3.8, 4) is 0 Å². The lowest BCUT2D eigenvalue weighted by Crippen LogP contribution is -1.95. The van der Waals surface area contributed by atoms with Gasteiger partial charge in [-0.1, -0.05) is 29.8 Å². The summed E-state index contributed by atoms with van der Waals surface area (Å²) in [6, 6.07) is 7.87. The highest BCUT2D eigenvalue weighted by Crippen LogP contribution is 2.17. The van der Waals surface area contributed by atoms with E-state index in [1.165, 1.54) is 0 Å². The number of halogens is 1. The number of rotatable bonds is 3. The third kappa shape index (κ3) is 2.36. The zero-order valence-electron chi connectivity index (χ0n) is 9.15. The van der Waals surface area contributed by atoms with Gasteiger partial charge in [-0.2, -0.15) is 0 Å². The lowest BCUT2D eigenvalue weighted by Gasteiger charge is -2.01. The van der Waals surface area contributed by atoms with Crippen molar-refractivity contribution in [1.82, 2.24) is 9.55 Å². The van der Waals surface area contributed by atoms with Gasteiger partial charge < -0.3 is 10.3 Å². The van der Waals surface area contributed by atoms with E-state index in [9.17, 15) is 0 Å². The van der Waals surface area contributed by atoms with Crippen LogP contribution in [0.1, 0.15) is 11.3 Å². The van der Waals surface area contributed by atoms with E-state index in [4.69, 9.17) is 17.3 Å². The molecule has 2 N–H and O–H groups in total. The largest absolute Gasteiger partial charge is 0.369 e. The fraction of sp³-hybridized carbons (Fsp3) is 0.250. The van der Waals surface area contributed by atoms with Crippen molar-refractivity contribution < 1.29 is 0 Å². The van der Waals surface area contributed by atoms with Gasteiger partial charge in [-0.15, -0.1) is 0 Å². The van der Waals surface area contributed by atoms with Crippen molar-refractivity contribution in [3.63, 3.8) is 0 Å². The third-order valence-corrected chi connectivity index (χ3v) is 2.94. The van der Waals surface area contributed by atoms with E-state index in [1.807, 2.05) is 42.1 Å². The molecule has 84 valence electrons. The van der Waals surface area contributed by atoms with Crippen LogP contribution in [0.5, 0.6) is 0 Å². The summed E-state index contributed by atoms with van der Waals surface area (Å²) < 4.78 is 1.82. The van der Waals surface area contributed by atoms with E-state index >= 15 is 0 Å². The first kappa shape index (κ1) is 11.0. The molecule has 0 unspecified atom stereocenters. The van der Waals surface area contributed by atoms with E-state index in [0.29, 0.717) is 5.95 Å². The summed E-state index contributed by atoms with van der Waals surface area (Å²) in [5, 5.41) is 0.811. The Bertz CT molecular complexity index is 471. The van der Waals surface area contributed by atoms with Crippen molar-refractivity contribution in [2.45, 2.75) is 12.8 Å². The summed E-state index contributed by atoms with van der Waals surface area (Å²) in [6.45, 7) is 0. The number of anilines is 1. The van der Waals surface area contributed by atoms with Gasteiger partial charge in [0, 0.05) is 18.3 Å². The van der Waals surface area contributed by atoms with Gasteiger partial charge in [0.05, 0.1) is 5.69 Å². The van der Waals surface area contributed by atoms with E-state index < -0.39 is 0 Å². The minimum Gasteiger partial charge on any atom is -0.369 e. The molecule has 0 saturated heterocycles. The molecule has 0 aliphatic heterocycles. The van der Waals surface area contributed by atoms with Crippen LogP contribution in [0.3, 0.4) is 0 Å². The van der Waals surface area contributed by atoms with Crippen molar-refractivity contribution >= 4 is 17.5 Å². The molecule has 3 nitrogen and oxygen atoms in total. The Labute approximate surface area is 99.9 Å². The predicted octanol–water partition coefficient (Wildman–Crippen LogP) is 2.44. The highest BCUT2D eigenvalue weighted by Gasteiger charge is 2.04. The van der Waals surface area contributed by atoms with Crippen LogP contribution in [0, 0.1) is 0 Å². The molecule has 0 bridgehead atoms. The average Bonchev–Trinajstić information content (AvgIpc) is 2.57. The van der Waals surface area contributed by atoms with Gasteiger partial charge in [-0.3, -0.25) is 0 Å². The molecule has 4 heteroatoms. The van der Waals surface area contributed by atoms with E-state index in [0.717, 1.165) is 29.1 Å². The molecule has 0 spiro atoms. The minimum absolute atomic E-state index is 0.550. The molecule has 1 aromatic heterocycles. The summed E-state index contributed by atoms with van der Waals surface area (Å²) in [4.78, 5) is 4.25. The van der Waals surface area contributed by atoms with Crippen LogP contribution in [0.2, 0.25) is 5.02 Å². The first-order valence-electron chi connectivity index (χ1n) is 5.18. The summed E-state index contributed by atoms with van der Waals surface area (Å²) in [5.74, 6) is 0.550. The van der Waals surface area contributed by atoms with Crippen LogP contribution in [0.25, 0.3) is 0 Å². The zero-order chi connectivity index (χ0) is 11.5. The van der Waals surface area contributed by atoms with Gasteiger partial charge in [0.15, 0.2) is 5.95 Å². The maximum absolute atomic E-state index is 6.08. The molecule has 2 aromatic rings. The number of nitrogen functional groups attached to an aromatic ring is 1. The Morgan fingerprint density at radius 1 is 1.31 bits per heavy atom. The normalized spacial score (nSPS) is 10.6. The molecular weight excluding hydrogens is 222 g/mol. The molecule has 0 saturated carbocycles. The second kappa shape index (κ2) is 4.58. The van der Waals surface area contributed by atoms with Gasteiger partial charge in [-0.05, 0) is 24.5 Å². The summed E-state index contributed by atoms with van der Waals surface area (Å²) >= 11 is 6.08. The molecule has 0 atom stereocenters. The number of nitrogens with zero attached hydrogens (tertiary/aromatic N) is 2. The molecule has 1 heterocycles. The highest BCUT2D eigenvalue weighted by molar-refractivity contribution is 6.31. The number of nitrogens with two attached hydrogens (primary N) is 1. The molecule has 0 aliphatic carbocycles. The first-order valence-corrected chi connectivity index (χ1v) is 5.55. The smallest absolute Gasteiger partial charge is 0.200 e. The summed E-state index contributed by atoms with van der Waals surface area (Å²) in [5.41, 5.74) is 7.81. The maximum Gasteiger partial charge on any atom is 0.200 e. The number of hydrogen-bond acceptors (Lipinski definition) is 2. The van der Waals surface area contributed by atoms with Crippen molar-refractivity contribution in [1.29, 1.82) is 0 Å². The predicted molar refractivity (Wildman–Crippen MR) is 66.5 cm³/mol. The van der Waals surface area contributed by atoms with Crippen LogP contribution < -0.4 is 5.73 Å². The lowest BCUT2D eigenvalue weighted by atomic mass is 10.1. The Balaban J connectivity index is 2.05. The standard InChI is InChI=1S/C12H14ClN3/c1-16-8-10(15-12(16)14)7-6-9-4-2-3-5-11(9)13/h2-5,8H,6-7H2,1H3,(H2,14,15). The lowest BCUT2D eigenvalue weighted by molar-refractivity contribution is 0.909. The van der Waals surface area contributed by atoms with E-state index in [1.54, 1.807) is 0 Å². The van der Waals surface area contributed by atoms with Crippen LogP contribution in [0.4, 0.5) is 5.95 Å². The average molecular weight is 236 g/mol. The molecule has 2 rings (SSSR count). The third-order valence-electron chi connectivity index (χ3n) is 2.57. The highest BCUT2D eigenvalue weighted by atomic mass is 35.5. The Morgan fingerprint density at radius 2 is 2.06 bits per heavy atom. The monoisotopic (exact) mass is 235 g/mol. The van der Waals surface area contributed by atoms with Crippen molar-refractivity contribution in [2.75, 3.05) is 5.73 Å². The van der Waals surface area contributed by atoms with Crippen molar-refractivity contribution in [2.24, 2.45) is 7.05 Å². The number of aromatic nitrogens is 2. The molecule has 0 fully saturated rings. The van der Waals surface area contributed by atoms with E-state index in [2.05, 4.69) is 4.98 Å². The fourth-order valence-electron chi connectivity index (χ4n) is 1.63. The molecule has 0 amide bonds. The SMILES string of the molecule is Cn1cc(CCc2ccccc2Cl)nc1N. The molecule has 16 heavy (non-hydrogen) atoms. The number of imidazole rings is 1. The van der Waals surface area contributed by atoms with Gasteiger partial charge in [0.2, 0.25) is 0 Å². The fourth-order valence-corrected chi connectivity index (χ4v) is 1.86. The number of aryl methyl sites for hydroxylation is 3. The topological polar surface area (TPSA) is 43.8 Å². The van der Waals surface area contributed by atoms with Gasteiger partial charge in [-0.25, -0.2) is 4.98 Å². The molecule has 1 aromatic carbocycles. The van der Waals surface area contributed by atoms with Gasteiger partial charge in [0.1, 0.15) is 0 Å². The first-order chi connectivity index (χ1) is 7.66. The zero-order valence-corrected chi connectivity index (χ0v) is 9.91. The Hall–Kier alpha value is -1.48. The number of hydrogen-bond donors (Lipinski definition) is 1. The van der Waals surface area contributed by atoms with Crippen LogP contribution in [0.15, 0.2) is 30.5 Å². The van der Waals surface area contributed by atoms with Gasteiger partial charge >= 0.3 is 0 Å². The Morgan fingerprint density at radius 3 is 2.69 bits per heavy atom. The van der Waals surface area contributed by atoms with E-state index in [-0.39, 0.29) is 0 Å². The van der Waals surface area contributed by atoms with Crippen LogP contribution in [-0.2, 0) is 19.9 Å². The second-order valence-corrected chi connectivity index (χ2v) is 4.20. The van der Waals surface area contributed by atoms with Crippen molar-refractivity contribution in [3.05, 3.63) is 46.7 Å².